The van der Waals surface area contributed by atoms with E-state index in [-0.39, 0.29) is 11.7 Å². The van der Waals surface area contributed by atoms with Crippen LogP contribution in [0.2, 0.25) is 0 Å². The SMILES string of the molecule is CC(=O)c1ccc(OCCCC(=O)NCc2ccc(Cn3cccn3)cc2)cc1. The van der Waals surface area contributed by atoms with Gasteiger partial charge in [-0.3, -0.25) is 14.3 Å². The number of nitrogens with zero attached hydrogens (tertiary/aromatic N) is 2. The zero-order valence-electron chi connectivity index (χ0n) is 16.5. The van der Waals surface area contributed by atoms with Gasteiger partial charge in [0.2, 0.25) is 5.91 Å². The Labute approximate surface area is 170 Å². The van der Waals surface area contributed by atoms with E-state index in [0.29, 0.717) is 37.3 Å². The van der Waals surface area contributed by atoms with Crippen LogP contribution in [-0.2, 0) is 17.9 Å². The maximum atomic E-state index is 12.0. The number of nitrogens with one attached hydrogen (secondary N) is 1. The van der Waals surface area contributed by atoms with Gasteiger partial charge >= 0.3 is 0 Å². The van der Waals surface area contributed by atoms with Gasteiger partial charge in [-0.15, -0.1) is 0 Å². The number of rotatable bonds is 10. The van der Waals surface area contributed by atoms with Crippen molar-refractivity contribution in [1.29, 1.82) is 0 Å². The molecule has 1 amide bonds. The largest absolute Gasteiger partial charge is 0.494 e. The molecule has 0 atom stereocenters. The van der Waals surface area contributed by atoms with Crippen LogP contribution in [0.1, 0.15) is 41.3 Å². The Morgan fingerprint density at radius 2 is 1.76 bits per heavy atom. The second kappa shape index (κ2) is 10.2. The predicted octanol–water partition coefficient (Wildman–Crippen LogP) is 3.61. The summed E-state index contributed by atoms with van der Waals surface area (Å²) in [6, 6.07) is 17.1. The second-order valence-corrected chi connectivity index (χ2v) is 6.83. The number of benzene rings is 2. The van der Waals surface area contributed by atoms with Gasteiger partial charge in [-0.25, -0.2) is 0 Å². The lowest BCUT2D eigenvalue weighted by molar-refractivity contribution is -0.121. The summed E-state index contributed by atoms with van der Waals surface area (Å²) in [5.41, 5.74) is 2.88. The van der Waals surface area contributed by atoms with E-state index in [9.17, 15) is 9.59 Å². The molecule has 0 saturated heterocycles. The molecule has 3 rings (SSSR count). The smallest absolute Gasteiger partial charge is 0.220 e. The van der Waals surface area contributed by atoms with E-state index in [1.54, 1.807) is 30.5 Å². The van der Waals surface area contributed by atoms with E-state index in [2.05, 4.69) is 10.4 Å². The Hall–Kier alpha value is -3.41. The molecule has 0 fully saturated rings. The topological polar surface area (TPSA) is 73.2 Å². The van der Waals surface area contributed by atoms with Gasteiger partial charge in [0.25, 0.3) is 0 Å². The number of hydrogen-bond donors (Lipinski definition) is 1. The summed E-state index contributed by atoms with van der Waals surface area (Å²) < 4.78 is 7.48. The molecule has 0 bridgehead atoms. The highest BCUT2D eigenvalue weighted by Gasteiger charge is 2.04. The molecule has 0 unspecified atom stereocenters. The van der Waals surface area contributed by atoms with Crippen molar-refractivity contribution in [3.63, 3.8) is 0 Å². The molecule has 1 N–H and O–H groups in total. The molecule has 3 aromatic rings. The third-order valence-corrected chi connectivity index (χ3v) is 4.49. The van der Waals surface area contributed by atoms with Gasteiger partial charge in [-0.1, -0.05) is 24.3 Å². The van der Waals surface area contributed by atoms with Crippen LogP contribution in [-0.4, -0.2) is 28.1 Å². The van der Waals surface area contributed by atoms with E-state index in [0.717, 1.165) is 17.7 Å². The van der Waals surface area contributed by atoms with Gasteiger partial charge < -0.3 is 10.1 Å². The molecule has 0 aliphatic rings. The lowest BCUT2D eigenvalue weighted by atomic mass is 10.1. The first-order valence-corrected chi connectivity index (χ1v) is 9.66. The van der Waals surface area contributed by atoms with Crippen molar-refractivity contribution >= 4 is 11.7 Å². The number of carbonyl (C=O) groups is 2. The zero-order valence-corrected chi connectivity index (χ0v) is 16.5. The Balaban J connectivity index is 1.33. The first-order valence-electron chi connectivity index (χ1n) is 9.66. The number of hydrogen-bond acceptors (Lipinski definition) is 4. The van der Waals surface area contributed by atoms with Crippen LogP contribution in [0.25, 0.3) is 0 Å². The van der Waals surface area contributed by atoms with Crippen molar-refractivity contribution in [1.82, 2.24) is 15.1 Å². The summed E-state index contributed by atoms with van der Waals surface area (Å²) in [6.45, 7) is 3.23. The number of amides is 1. The minimum atomic E-state index is 0.00106. The van der Waals surface area contributed by atoms with Crippen LogP contribution >= 0.6 is 0 Å². The van der Waals surface area contributed by atoms with Crippen molar-refractivity contribution in [2.75, 3.05) is 6.61 Å². The van der Waals surface area contributed by atoms with Gasteiger partial charge in [-0.05, 0) is 54.8 Å². The number of ether oxygens (including phenoxy) is 1. The molecular weight excluding hydrogens is 366 g/mol. The molecule has 1 aromatic heterocycles. The first-order chi connectivity index (χ1) is 14.1. The van der Waals surface area contributed by atoms with Crippen LogP contribution in [0.3, 0.4) is 0 Å². The van der Waals surface area contributed by atoms with Crippen LogP contribution in [0.4, 0.5) is 0 Å². The third kappa shape index (κ3) is 6.60. The highest BCUT2D eigenvalue weighted by Crippen LogP contribution is 2.13. The van der Waals surface area contributed by atoms with E-state index in [1.807, 2.05) is 41.2 Å². The Morgan fingerprint density at radius 3 is 2.41 bits per heavy atom. The molecule has 0 spiro atoms. The standard InChI is InChI=1S/C23H25N3O3/c1-18(27)21-9-11-22(12-10-21)29-15-2-4-23(28)24-16-19-5-7-20(8-6-19)17-26-14-3-13-25-26/h3,5-14H,2,4,15-17H2,1H3,(H,24,28). The molecule has 2 aromatic carbocycles. The molecule has 6 nitrogen and oxygen atoms in total. The fourth-order valence-corrected chi connectivity index (χ4v) is 2.84. The molecule has 1 heterocycles. The number of aromatic nitrogens is 2. The Morgan fingerprint density at radius 1 is 1.03 bits per heavy atom. The summed E-state index contributed by atoms with van der Waals surface area (Å²) in [6.07, 6.45) is 4.73. The molecule has 6 heteroatoms. The van der Waals surface area contributed by atoms with Crippen LogP contribution in [0, 0.1) is 0 Å². The number of carbonyl (C=O) groups excluding carboxylic acids is 2. The Bertz CT molecular complexity index is 917. The highest BCUT2D eigenvalue weighted by atomic mass is 16.5. The normalized spacial score (nSPS) is 10.5. The van der Waals surface area contributed by atoms with E-state index in [1.165, 1.54) is 6.92 Å². The number of ketones is 1. The minimum absolute atomic E-state index is 0.00106. The molecule has 0 aliphatic heterocycles. The fraction of sp³-hybridized carbons (Fsp3) is 0.261. The monoisotopic (exact) mass is 391 g/mol. The highest BCUT2D eigenvalue weighted by molar-refractivity contribution is 5.94. The predicted molar refractivity (Wildman–Crippen MR) is 111 cm³/mol. The lowest BCUT2D eigenvalue weighted by Gasteiger charge is -2.08. The van der Waals surface area contributed by atoms with E-state index < -0.39 is 0 Å². The van der Waals surface area contributed by atoms with Gasteiger partial charge in [0, 0.05) is 30.9 Å². The first kappa shape index (κ1) is 20.3. The number of Topliss-reactive ketones (excluding diaryl/α,β-unsaturated/α-hetero) is 1. The van der Waals surface area contributed by atoms with Crippen molar-refractivity contribution < 1.29 is 14.3 Å². The van der Waals surface area contributed by atoms with E-state index >= 15 is 0 Å². The maximum Gasteiger partial charge on any atom is 0.220 e. The molecule has 29 heavy (non-hydrogen) atoms. The zero-order chi connectivity index (χ0) is 20.5. The lowest BCUT2D eigenvalue weighted by Crippen LogP contribution is -2.23. The van der Waals surface area contributed by atoms with E-state index in [4.69, 9.17) is 4.74 Å². The molecule has 0 radical (unpaired) electrons. The molecule has 150 valence electrons. The summed E-state index contributed by atoms with van der Waals surface area (Å²) in [7, 11) is 0. The van der Waals surface area contributed by atoms with Gasteiger partial charge in [0.05, 0.1) is 13.2 Å². The van der Waals surface area contributed by atoms with Crippen molar-refractivity contribution in [2.45, 2.75) is 32.9 Å². The summed E-state index contributed by atoms with van der Waals surface area (Å²) >= 11 is 0. The summed E-state index contributed by atoms with van der Waals surface area (Å²) in [5, 5.41) is 7.13. The fourth-order valence-electron chi connectivity index (χ4n) is 2.84. The van der Waals surface area contributed by atoms with Crippen molar-refractivity contribution in [3.8, 4) is 5.75 Å². The van der Waals surface area contributed by atoms with Crippen LogP contribution < -0.4 is 10.1 Å². The van der Waals surface area contributed by atoms with Crippen molar-refractivity contribution in [3.05, 3.63) is 83.7 Å². The second-order valence-electron chi connectivity index (χ2n) is 6.83. The van der Waals surface area contributed by atoms with Gasteiger partial charge in [-0.2, -0.15) is 5.10 Å². The van der Waals surface area contributed by atoms with Gasteiger partial charge in [0.15, 0.2) is 5.78 Å². The minimum Gasteiger partial charge on any atom is -0.494 e. The molecule has 0 aliphatic carbocycles. The maximum absolute atomic E-state index is 12.0. The Kier molecular flexibility index (Phi) is 7.16. The van der Waals surface area contributed by atoms with Crippen molar-refractivity contribution in [2.24, 2.45) is 0 Å². The quantitative estimate of drug-likeness (QED) is 0.423. The summed E-state index contributed by atoms with van der Waals surface area (Å²) in [4.78, 5) is 23.3. The van der Waals surface area contributed by atoms with Crippen LogP contribution in [0.15, 0.2) is 67.0 Å². The summed E-state index contributed by atoms with van der Waals surface area (Å²) in [5.74, 6) is 0.729. The third-order valence-electron chi connectivity index (χ3n) is 4.49. The molecule has 0 saturated carbocycles. The van der Waals surface area contributed by atoms with Gasteiger partial charge in [0.1, 0.15) is 5.75 Å². The molecular formula is C23H25N3O3. The average molecular weight is 391 g/mol. The van der Waals surface area contributed by atoms with Crippen LogP contribution in [0.5, 0.6) is 5.75 Å². The average Bonchev–Trinajstić information content (AvgIpc) is 3.24.